The Labute approximate surface area is 178 Å². The number of hydrogen-bond acceptors (Lipinski definition) is 7. The molecule has 0 aliphatic heterocycles. The molecular weight excluding hydrogens is 404 g/mol. The van der Waals surface area contributed by atoms with Crippen molar-refractivity contribution in [2.24, 2.45) is 0 Å². The molecule has 8 heteroatoms. The first kappa shape index (κ1) is 21.3. The van der Waals surface area contributed by atoms with Gasteiger partial charge in [-0.2, -0.15) is 0 Å². The van der Waals surface area contributed by atoms with Crippen LogP contribution in [0.5, 0.6) is 11.5 Å². The Morgan fingerprint density at radius 3 is 2.33 bits per heavy atom. The summed E-state index contributed by atoms with van der Waals surface area (Å²) in [7, 11) is 1.57. The number of amides is 1. The van der Waals surface area contributed by atoms with E-state index in [-0.39, 0.29) is 0 Å². The third-order valence-electron chi connectivity index (χ3n) is 4.15. The third kappa shape index (κ3) is 5.81. The molecule has 156 valence electrons. The Kier molecular flexibility index (Phi) is 7.03. The average Bonchev–Trinajstić information content (AvgIpc) is 3.18. The molecule has 0 radical (unpaired) electrons. The van der Waals surface area contributed by atoms with E-state index in [1.165, 1.54) is 6.92 Å². The summed E-state index contributed by atoms with van der Waals surface area (Å²) in [5.41, 5.74) is 1.77. The van der Waals surface area contributed by atoms with Crippen LogP contribution in [-0.2, 0) is 16.1 Å². The first-order chi connectivity index (χ1) is 14.4. The average molecular weight is 426 g/mol. The zero-order chi connectivity index (χ0) is 21.5. The van der Waals surface area contributed by atoms with Crippen molar-refractivity contribution >= 4 is 28.9 Å². The number of benzene rings is 2. The van der Waals surface area contributed by atoms with Crippen molar-refractivity contribution in [3.8, 4) is 11.5 Å². The van der Waals surface area contributed by atoms with Crippen molar-refractivity contribution in [1.29, 1.82) is 0 Å². The standard InChI is InChI=1S/C22H22N2O5S/c1-14(21(25)24-17-6-10-19(27-3)11-7-17)29-22(26)16-4-8-20(9-5-16)28-12-18-13-30-15(2)23-18/h4-11,13-14H,12H2,1-3H3,(H,24,25)/t14-/m1/s1. The lowest BCUT2D eigenvalue weighted by atomic mass is 10.2. The van der Waals surface area contributed by atoms with E-state index in [0.29, 0.717) is 29.4 Å². The SMILES string of the molecule is COc1ccc(NC(=O)[C@@H](C)OC(=O)c2ccc(OCc3csc(C)n3)cc2)cc1. The van der Waals surface area contributed by atoms with Crippen LogP contribution >= 0.6 is 11.3 Å². The van der Waals surface area contributed by atoms with Gasteiger partial charge >= 0.3 is 5.97 Å². The van der Waals surface area contributed by atoms with Gasteiger partial charge in [-0.3, -0.25) is 4.79 Å². The number of esters is 1. The fourth-order valence-corrected chi connectivity index (χ4v) is 3.12. The van der Waals surface area contributed by atoms with Gasteiger partial charge in [0, 0.05) is 11.1 Å². The van der Waals surface area contributed by atoms with Crippen molar-refractivity contribution in [3.05, 3.63) is 70.2 Å². The number of aryl methyl sites for hydroxylation is 1. The van der Waals surface area contributed by atoms with E-state index in [1.807, 2.05) is 12.3 Å². The molecule has 0 saturated carbocycles. The van der Waals surface area contributed by atoms with Gasteiger partial charge in [0.1, 0.15) is 18.1 Å². The summed E-state index contributed by atoms with van der Waals surface area (Å²) in [6.07, 6.45) is -0.955. The molecule has 0 fully saturated rings. The van der Waals surface area contributed by atoms with Crippen LogP contribution in [0.4, 0.5) is 5.69 Å². The van der Waals surface area contributed by atoms with Crippen molar-refractivity contribution in [2.45, 2.75) is 26.6 Å². The van der Waals surface area contributed by atoms with E-state index in [4.69, 9.17) is 14.2 Å². The van der Waals surface area contributed by atoms with Gasteiger partial charge in [0.25, 0.3) is 5.91 Å². The van der Waals surface area contributed by atoms with E-state index in [1.54, 1.807) is 67.0 Å². The van der Waals surface area contributed by atoms with Gasteiger partial charge in [-0.25, -0.2) is 9.78 Å². The first-order valence-electron chi connectivity index (χ1n) is 9.24. The lowest BCUT2D eigenvalue weighted by molar-refractivity contribution is -0.123. The fraction of sp³-hybridized carbons (Fsp3) is 0.227. The van der Waals surface area contributed by atoms with Crippen molar-refractivity contribution in [2.75, 3.05) is 12.4 Å². The summed E-state index contributed by atoms with van der Waals surface area (Å²) in [4.78, 5) is 28.9. The summed E-state index contributed by atoms with van der Waals surface area (Å²) in [5.74, 6) is 0.283. The van der Waals surface area contributed by atoms with Crippen LogP contribution in [-0.4, -0.2) is 30.1 Å². The molecule has 0 bridgehead atoms. The van der Waals surface area contributed by atoms with Crippen LogP contribution in [0.1, 0.15) is 28.0 Å². The number of thiazole rings is 1. The summed E-state index contributed by atoms with van der Waals surface area (Å²) in [5, 5.41) is 5.62. The number of carbonyl (C=O) groups is 2. The molecule has 1 aromatic heterocycles. The normalized spacial score (nSPS) is 11.4. The van der Waals surface area contributed by atoms with E-state index >= 15 is 0 Å². The second-order valence-corrected chi connectivity index (χ2v) is 7.50. The molecule has 0 aliphatic rings. The largest absolute Gasteiger partial charge is 0.497 e. The van der Waals surface area contributed by atoms with Gasteiger partial charge in [0.05, 0.1) is 23.4 Å². The number of anilines is 1. The second kappa shape index (κ2) is 9.89. The topological polar surface area (TPSA) is 86.8 Å². The maximum atomic E-state index is 12.3. The van der Waals surface area contributed by atoms with Crippen molar-refractivity contribution < 1.29 is 23.8 Å². The predicted molar refractivity (Wildman–Crippen MR) is 114 cm³/mol. The molecular formula is C22H22N2O5S. The van der Waals surface area contributed by atoms with Crippen LogP contribution in [0.15, 0.2) is 53.9 Å². The number of rotatable bonds is 8. The fourth-order valence-electron chi connectivity index (χ4n) is 2.52. The minimum atomic E-state index is -0.955. The minimum absolute atomic E-state index is 0.330. The number of nitrogens with zero attached hydrogens (tertiary/aromatic N) is 1. The number of nitrogens with one attached hydrogen (secondary N) is 1. The Morgan fingerprint density at radius 1 is 1.07 bits per heavy atom. The lowest BCUT2D eigenvalue weighted by Crippen LogP contribution is -2.29. The van der Waals surface area contributed by atoms with E-state index < -0.39 is 18.0 Å². The first-order valence-corrected chi connectivity index (χ1v) is 10.1. The van der Waals surface area contributed by atoms with E-state index in [2.05, 4.69) is 10.3 Å². The highest BCUT2D eigenvalue weighted by Gasteiger charge is 2.19. The molecule has 7 nitrogen and oxygen atoms in total. The third-order valence-corrected chi connectivity index (χ3v) is 4.98. The Bertz CT molecular complexity index is 999. The highest BCUT2D eigenvalue weighted by atomic mass is 32.1. The van der Waals surface area contributed by atoms with Crippen LogP contribution in [0.2, 0.25) is 0 Å². The Balaban J connectivity index is 1.50. The van der Waals surface area contributed by atoms with Gasteiger partial charge in [-0.05, 0) is 62.4 Å². The van der Waals surface area contributed by atoms with Gasteiger partial charge < -0.3 is 19.5 Å². The van der Waals surface area contributed by atoms with Crippen molar-refractivity contribution in [1.82, 2.24) is 4.98 Å². The number of ether oxygens (including phenoxy) is 3. The summed E-state index contributed by atoms with van der Waals surface area (Å²) in [6, 6.07) is 13.4. The van der Waals surface area contributed by atoms with Crippen LogP contribution in [0.3, 0.4) is 0 Å². The van der Waals surface area contributed by atoms with Gasteiger partial charge in [0.2, 0.25) is 0 Å². The number of hydrogen-bond donors (Lipinski definition) is 1. The van der Waals surface area contributed by atoms with Crippen LogP contribution in [0.25, 0.3) is 0 Å². The summed E-state index contributed by atoms with van der Waals surface area (Å²) >= 11 is 1.57. The molecule has 1 atom stereocenters. The molecule has 1 heterocycles. The minimum Gasteiger partial charge on any atom is -0.497 e. The molecule has 1 N–H and O–H groups in total. The lowest BCUT2D eigenvalue weighted by Gasteiger charge is -2.14. The summed E-state index contributed by atoms with van der Waals surface area (Å²) < 4.78 is 16.0. The highest BCUT2D eigenvalue weighted by Crippen LogP contribution is 2.18. The van der Waals surface area contributed by atoms with Crippen LogP contribution < -0.4 is 14.8 Å². The predicted octanol–water partition coefficient (Wildman–Crippen LogP) is 4.22. The molecule has 0 unspecified atom stereocenters. The molecule has 0 aliphatic carbocycles. The molecule has 3 rings (SSSR count). The molecule has 0 spiro atoms. The molecule has 3 aromatic rings. The Morgan fingerprint density at radius 2 is 1.73 bits per heavy atom. The Hall–Kier alpha value is -3.39. The maximum absolute atomic E-state index is 12.3. The highest BCUT2D eigenvalue weighted by molar-refractivity contribution is 7.09. The van der Waals surface area contributed by atoms with Gasteiger partial charge in [-0.15, -0.1) is 11.3 Å². The van der Waals surface area contributed by atoms with E-state index in [0.717, 1.165) is 10.7 Å². The second-order valence-electron chi connectivity index (χ2n) is 6.44. The van der Waals surface area contributed by atoms with E-state index in [9.17, 15) is 9.59 Å². The molecule has 1 amide bonds. The quantitative estimate of drug-likeness (QED) is 0.543. The van der Waals surface area contributed by atoms with Crippen molar-refractivity contribution in [3.63, 3.8) is 0 Å². The van der Waals surface area contributed by atoms with Crippen LogP contribution in [0, 0.1) is 6.92 Å². The monoisotopic (exact) mass is 426 g/mol. The number of methoxy groups -OCH3 is 1. The number of carbonyl (C=O) groups excluding carboxylic acids is 2. The summed E-state index contributed by atoms with van der Waals surface area (Å²) in [6.45, 7) is 3.81. The van der Waals surface area contributed by atoms with Gasteiger partial charge in [-0.1, -0.05) is 0 Å². The number of aromatic nitrogens is 1. The molecule has 30 heavy (non-hydrogen) atoms. The maximum Gasteiger partial charge on any atom is 0.338 e. The molecule has 0 saturated heterocycles. The smallest absolute Gasteiger partial charge is 0.338 e. The zero-order valence-corrected chi connectivity index (χ0v) is 17.7. The van der Waals surface area contributed by atoms with Gasteiger partial charge in [0.15, 0.2) is 6.10 Å². The zero-order valence-electron chi connectivity index (χ0n) is 16.9. The molecule has 2 aromatic carbocycles.